The molecule has 0 bridgehead atoms. The van der Waals surface area contributed by atoms with Crippen molar-refractivity contribution in [1.29, 1.82) is 0 Å². The summed E-state index contributed by atoms with van der Waals surface area (Å²) >= 11 is 0. The fraction of sp³-hybridized carbons (Fsp3) is 0.929. The summed E-state index contributed by atoms with van der Waals surface area (Å²) in [4.78, 5) is 11.9. The quantitative estimate of drug-likeness (QED) is 0.787. The van der Waals surface area contributed by atoms with Gasteiger partial charge in [-0.2, -0.15) is 0 Å². The maximum Gasteiger partial charge on any atom is 0.220 e. The molecule has 2 fully saturated rings. The molecule has 98 valence electrons. The normalized spacial score (nSPS) is 33.6. The van der Waals surface area contributed by atoms with Crippen LogP contribution in [0.25, 0.3) is 0 Å². The molecular weight excluding hydrogens is 212 g/mol. The first kappa shape index (κ1) is 12.9. The molecule has 1 amide bonds. The standard InChI is InChI=1S/C14H26N2O/c1-2-11-3-5-13(6-4-11)16-14(17)9-12-7-8-15-10-12/h11-13,15H,2-10H2,1H3,(H,16,17). The number of carbonyl (C=O) groups excluding carboxylic acids is 1. The highest BCUT2D eigenvalue weighted by Crippen LogP contribution is 2.26. The van der Waals surface area contributed by atoms with Crippen LogP contribution in [-0.4, -0.2) is 25.0 Å². The first-order valence-corrected chi connectivity index (χ1v) is 7.28. The third kappa shape index (κ3) is 3.98. The zero-order valence-corrected chi connectivity index (χ0v) is 11.0. The van der Waals surface area contributed by atoms with Crippen molar-refractivity contribution in [1.82, 2.24) is 10.6 Å². The van der Waals surface area contributed by atoms with E-state index in [9.17, 15) is 4.79 Å². The molecule has 0 radical (unpaired) electrons. The van der Waals surface area contributed by atoms with Crippen LogP contribution in [0.5, 0.6) is 0 Å². The van der Waals surface area contributed by atoms with E-state index in [1.54, 1.807) is 0 Å². The van der Waals surface area contributed by atoms with Gasteiger partial charge in [-0.25, -0.2) is 0 Å². The molecule has 3 heteroatoms. The molecule has 2 rings (SSSR count). The second kappa shape index (κ2) is 6.39. The Hall–Kier alpha value is -0.570. The number of carbonyl (C=O) groups is 1. The highest BCUT2D eigenvalue weighted by atomic mass is 16.1. The van der Waals surface area contributed by atoms with E-state index in [4.69, 9.17) is 0 Å². The van der Waals surface area contributed by atoms with Gasteiger partial charge in [-0.3, -0.25) is 4.79 Å². The largest absolute Gasteiger partial charge is 0.353 e. The first-order chi connectivity index (χ1) is 8.28. The van der Waals surface area contributed by atoms with Gasteiger partial charge in [0.25, 0.3) is 0 Å². The smallest absolute Gasteiger partial charge is 0.220 e. The van der Waals surface area contributed by atoms with Crippen LogP contribution in [0, 0.1) is 11.8 Å². The Labute approximate surface area is 105 Å². The summed E-state index contributed by atoms with van der Waals surface area (Å²) in [5, 5.41) is 6.54. The molecule has 1 saturated carbocycles. The van der Waals surface area contributed by atoms with Crippen LogP contribution < -0.4 is 10.6 Å². The lowest BCUT2D eigenvalue weighted by Gasteiger charge is -2.28. The van der Waals surface area contributed by atoms with E-state index in [2.05, 4.69) is 17.6 Å². The van der Waals surface area contributed by atoms with Crippen molar-refractivity contribution in [3.05, 3.63) is 0 Å². The average Bonchev–Trinajstić information content (AvgIpc) is 2.82. The number of hydrogen-bond acceptors (Lipinski definition) is 2. The highest BCUT2D eigenvalue weighted by molar-refractivity contribution is 5.76. The van der Waals surface area contributed by atoms with Gasteiger partial charge in [0.15, 0.2) is 0 Å². The van der Waals surface area contributed by atoms with Gasteiger partial charge in [0.05, 0.1) is 0 Å². The molecule has 1 saturated heterocycles. The lowest BCUT2D eigenvalue weighted by Crippen LogP contribution is -2.38. The fourth-order valence-electron chi connectivity index (χ4n) is 3.15. The summed E-state index contributed by atoms with van der Waals surface area (Å²) in [6.45, 7) is 4.38. The van der Waals surface area contributed by atoms with Crippen molar-refractivity contribution < 1.29 is 4.79 Å². The molecule has 1 atom stereocenters. The van der Waals surface area contributed by atoms with Crippen molar-refractivity contribution in [3.63, 3.8) is 0 Å². The Morgan fingerprint density at radius 3 is 2.53 bits per heavy atom. The summed E-state index contributed by atoms with van der Waals surface area (Å²) in [7, 11) is 0. The van der Waals surface area contributed by atoms with Crippen molar-refractivity contribution in [2.24, 2.45) is 11.8 Å². The molecule has 1 aliphatic carbocycles. The highest BCUT2D eigenvalue weighted by Gasteiger charge is 2.23. The topological polar surface area (TPSA) is 41.1 Å². The molecule has 3 nitrogen and oxygen atoms in total. The number of amides is 1. The van der Waals surface area contributed by atoms with Crippen LogP contribution in [0.15, 0.2) is 0 Å². The Morgan fingerprint density at radius 1 is 1.18 bits per heavy atom. The summed E-state index contributed by atoms with van der Waals surface area (Å²) in [6, 6.07) is 0.458. The third-order valence-electron chi connectivity index (χ3n) is 4.43. The molecule has 2 aliphatic rings. The zero-order chi connectivity index (χ0) is 12.1. The van der Waals surface area contributed by atoms with Crippen molar-refractivity contribution >= 4 is 5.91 Å². The molecule has 1 heterocycles. The van der Waals surface area contributed by atoms with Gasteiger partial charge in [-0.1, -0.05) is 13.3 Å². The van der Waals surface area contributed by atoms with Crippen LogP contribution in [-0.2, 0) is 4.79 Å². The van der Waals surface area contributed by atoms with Crippen LogP contribution in [0.2, 0.25) is 0 Å². The van der Waals surface area contributed by atoms with Crippen molar-refractivity contribution in [2.75, 3.05) is 13.1 Å². The monoisotopic (exact) mass is 238 g/mol. The Kier molecular flexibility index (Phi) is 4.84. The van der Waals surface area contributed by atoms with E-state index in [-0.39, 0.29) is 5.91 Å². The minimum Gasteiger partial charge on any atom is -0.353 e. The van der Waals surface area contributed by atoms with E-state index in [1.165, 1.54) is 32.1 Å². The molecular formula is C14H26N2O. The predicted molar refractivity (Wildman–Crippen MR) is 69.8 cm³/mol. The molecule has 0 aromatic carbocycles. The zero-order valence-electron chi connectivity index (χ0n) is 11.0. The predicted octanol–water partition coefficient (Wildman–Crippen LogP) is 2.07. The van der Waals surface area contributed by atoms with Crippen molar-refractivity contribution in [3.8, 4) is 0 Å². The molecule has 2 N–H and O–H groups in total. The van der Waals surface area contributed by atoms with Gasteiger partial charge in [0.2, 0.25) is 5.91 Å². The molecule has 17 heavy (non-hydrogen) atoms. The Bertz CT molecular complexity index is 241. The van der Waals surface area contributed by atoms with Crippen LogP contribution >= 0.6 is 0 Å². The van der Waals surface area contributed by atoms with Crippen LogP contribution in [0.4, 0.5) is 0 Å². The fourth-order valence-corrected chi connectivity index (χ4v) is 3.15. The Balaban J connectivity index is 1.65. The maximum absolute atomic E-state index is 11.9. The molecule has 0 aromatic rings. The summed E-state index contributed by atoms with van der Waals surface area (Å²) in [5.74, 6) is 1.75. The second-order valence-corrected chi connectivity index (χ2v) is 5.76. The number of rotatable bonds is 4. The molecule has 0 spiro atoms. The van der Waals surface area contributed by atoms with Gasteiger partial charge in [0, 0.05) is 12.5 Å². The minimum atomic E-state index is 0.277. The van der Waals surface area contributed by atoms with Gasteiger partial charge in [-0.05, 0) is 57.0 Å². The lowest BCUT2D eigenvalue weighted by molar-refractivity contribution is -0.122. The van der Waals surface area contributed by atoms with Gasteiger partial charge < -0.3 is 10.6 Å². The Morgan fingerprint density at radius 2 is 1.94 bits per heavy atom. The molecule has 1 unspecified atom stereocenters. The van der Waals surface area contributed by atoms with Gasteiger partial charge in [0.1, 0.15) is 0 Å². The summed E-state index contributed by atoms with van der Waals surface area (Å²) < 4.78 is 0. The minimum absolute atomic E-state index is 0.277. The maximum atomic E-state index is 11.9. The third-order valence-corrected chi connectivity index (χ3v) is 4.43. The van der Waals surface area contributed by atoms with E-state index in [0.29, 0.717) is 12.0 Å². The average molecular weight is 238 g/mol. The summed E-state index contributed by atoms with van der Waals surface area (Å²) in [5.41, 5.74) is 0. The first-order valence-electron chi connectivity index (χ1n) is 7.28. The summed E-state index contributed by atoms with van der Waals surface area (Å²) in [6.07, 6.45) is 8.16. The van der Waals surface area contributed by atoms with E-state index < -0.39 is 0 Å². The van der Waals surface area contributed by atoms with E-state index in [1.807, 2.05) is 0 Å². The van der Waals surface area contributed by atoms with Crippen LogP contribution in [0.1, 0.15) is 51.9 Å². The SMILES string of the molecule is CCC1CCC(NC(=O)CC2CCNC2)CC1. The van der Waals surface area contributed by atoms with Gasteiger partial charge >= 0.3 is 0 Å². The van der Waals surface area contributed by atoms with Crippen molar-refractivity contribution in [2.45, 2.75) is 57.9 Å². The van der Waals surface area contributed by atoms with Crippen LogP contribution in [0.3, 0.4) is 0 Å². The van der Waals surface area contributed by atoms with E-state index >= 15 is 0 Å². The number of hydrogen-bond donors (Lipinski definition) is 2. The van der Waals surface area contributed by atoms with Gasteiger partial charge in [-0.15, -0.1) is 0 Å². The molecule has 1 aliphatic heterocycles. The second-order valence-electron chi connectivity index (χ2n) is 5.76. The molecule has 0 aromatic heterocycles. The number of nitrogens with one attached hydrogen (secondary N) is 2. The lowest BCUT2D eigenvalue weighted by atomic mass is 9.84. The van der Waals surface area contributed by atoms with E-state index in [0.717, 1.165) is 31.8 Å².